The van der Waals surface area contributed by atoms with Crippen LogP contribution in [0.25, 0.3) is 10.2 Å². The maximum Gasteiger partial charge on any atom is 0.257 e. The van der Waals surface area contributed by atoms with Crippen LogP contribution in [0.3, 0.4) is 0 Å². The molecule has 0 spiro atoms. The first-order chi connectivity index (χ1) is 14.7. The van der Waals surface area contributed by atoms with E-state index in [2.05, 4.69) is 25.6 Å². The summed E-state index contributed by atoms with van der Waals surface area (Å²) < 4.78 is 24.2. The van der Waals surface area contributed by atoms with E-state index >= 15 is 0 Å². The van der Waals surface area contributed by atoms with Crippen LogP contribution in [0.2, 0.25) is 0 Å². The Kier molecular flexibility index (Phi) is 5.42. The van der Waals surface area contributed by atoms with Crippen molar-refractivity contribution < 1.29 is 13.2 Å². The van der Waals surface area contributed by atoms with Gasteiger partial charge in [-0.1, -0.05) is 17.4 Å². The Morgan fingerprint density at radius 1 is 0.968 bits per heavy atom. The topological polar surface area (TPSA) is 114 Å². The first-order valence-electron chi connectivity index (χ1n) is 9.29. The van der Waals surface area contributed by atoms with Crippen LogP contribution in [-0.4, -0.2) is 35.5 Å². The van der Waals surface area contributed by atoms with Crippen molar-refractivity contribution in [2.45, 2.75) is 18.7 Å². The SMILES string of the molecule is Cc1cc(C)nc(Nc2cccc(C(=O)Nc3nc4ccc(S(C)(=O)=O)cc4s3)c2)n1. The van der Waals surface area contributed by atoms with Crippen LogP contribution in [0, 0.1) is 13.8 Å². The van der Waals surface area contributed by atoms with E-state index in [1.807, 2.05) is 26.0 Å². The maximum absolute atomic E-state index is 12.7. The largest absolute Gasteiger partial charge is 0.324 e. The minimum absolute atomic E-state index is 0.217. The fraction of sp³-hybridized carbons (Fsp3) is 0.143. The summed E-state index contributed by atoms with van der Waals surface area (Å²) in [6.45, 7) is 3.78. The molecule has 2 aromatic heterocycles. The van der Waals surface area contributed by atoms with Gasteiger partial charge < -0.3 is 5.32 Å². The number of hydrogen-bond acceptors (Lipinski definition) is 8. The molecule has 2 N–H and O–H groups in total. The highest BCUT2D eigenvalue weighted by atomic mass is 32.2. The van der Waals surface area contributed by atoms with Crippen LogP contribution in [0.5, 0.6) is 0 Å². The van der Waals surface area contributed by atoms with Gasteiger partial charge in [0.1, 0.15) is 0 Å². The van der Waals surface area contributed by atoms with E-state index in [9.17, 15) is 13.2 Å². The molecule has 4 rings (SSSR count). The second kappa shape index (κ2) is 8.05. The number of anilines is 3. The van der Waals surface area contributed by atoms with Gasteiger partial charge in [0.05, 0.1) is 15.1 Å². The number of carbonyl (C=O) groups is 1. The zero-order chi connectivity index (χ0) is 22.2. The van der Waals surface area contributed by atoms with Crippen LogP contribution < -0.4 is 10.6 Å². The highest BCUT2D eigenvalue weighted by Gasteiger charge is 2.13. The lowest BCUT2D eigenvalue weighted by Gasteiger charge is -2.08. The number of benzene rings is 2. The van der Waals surface area contributed by atoms with Crippen LogP contribution >= 0.6 is 11.3 Å². The lowest BCUT2D eigenvalue weighted by molar-refractivity contribution is 0.102. The molecule has 0 bridgehead atoms. The van der Waals surface area contributed by atoms with Gasteiger partial charge in [0.2, 0.25) is 5.95 Å². The van der Waals surface area contributed by atoms with Crippen molar-refractivity contribution >= 4 is 54.1 Å². The van der Waals surface area contributed by atoms with Gasteiger partial charge in [0, 0.05) is 28.9 Å². The van der Waals surface area contributed by atoms with E-state index in [0.29, 0.717) is 32.5 Å². The summed E-state index contributed by atoms with van der Waals surface area (Å²) in [4.78, 5) is 26.0. The molecule has 31 heavy (non-hydrogen) atoms. The van der Waals surface area contributed by atoms with Crippen molar-refractivity contribution in [2.24, 2.45) is 0 Å². The molecule has 1 amide bonds. The fourth-order valence-corrected chi connectivity index (χ4v) is 4.63. The number of nitrogens with one attached hydrogen (secondary N) is 2. The fourth-order valence-electron chi connectivity index (χ4n) is 3.01. The number of nitrogens with zero attached hydrogens (tertiary/aromatic N) is 3. The number of amides is 1. The summed E-state index contributed by atoms with van der Waals surface area (Å²) in [5, 5.41) is 6.28. The molecule has 0 saturated heterocycles. The minimum Gasteiger partial charge on any atom is -0.324 e. The van der Waals surface area contributed by atoms with Gasteiger partial charge in [0.15, 0.2) is 15.0 Å². The van der Waals surface area contributed by atoms with Crippen LogP contribution in [0.15, 0.2) is 53.4 Å². The summed E-state index contributed by atoms with van der Waals surface area (Å²) in [6.07, 6.45) is 1.15. The Labute approximate surface area is 183 Å². The van der Waals surface area contributed by atoms with Crippen molar-refractivity contribution in [3.05, 3.63) is 65.5 Å². The van der Waals surface area contributed by atoms with E-state index < -0.39 is 9.84 Å². The van der Waals surface area contributed by atoms with Crippen molar-refractivity contribution in [3.63, 3.8) is 0 Å². The standard InChI is InChI=1S/C21H19N5O3S2/c1-12-9-13(2)23-20(22-12)24-15-6-4-5-14(10-15)19(27)26-21-25-17-8-7-16(31(3,28)29)11-18(17)30-21/h4-11H,1-3H3,(H,22,23,24)(H,25,26,27). The molecule has 4 aromatic rings. The Bertz CT molecular complexity index is 1390. The van der Waals surface area contributed by atoms with Crippen molar-refractivity contribution in [1.82, 2.24) is 15.0 Å². The molecule has 0 unspecified atom stereocenters. The third-order valence-electron chi connectivity index (χ3n) is 4.37. The normalized spacial score (nSPS) is 11.5. The maximum atomic E-state index is 12.7. The molecule has 10 heteroatoms. The number of hydrogen-bond donors (Lipinski definition) is 2. The van der Waals surface area contributed by atoms with Gasteiger partial charge in [-0.3, -0.25) is 10.1 Å². The second-order valence-electron chi connectivity index (χ2n) is 7.05. The quantitative estimate of drug-likeness (QED) is 0.467. The van der Waals surface area contributed by atoms with E-state index in [4.69, 9.17) is 0 Å². The number of sulfone groups is 1. The summed E-state index contributed by atoms with van der Waals surface area (Å²) in [7, 11) is -3.31. The third-order valence-corrected chi connectivity index (χ3v) is 6.42. The number of carbonyl (C=O) groups excluding carboxylic acids is 1. The Morgan fingerprint density at radius 2 is 1.71 bits per heavy atom. The molecular formula is C21H19N5O3S2. The molecule has 0 saturated carbocycles. The molecule has 0 fully saturated rings. The highest BCUT2D eigenvalue weighted by Crippen LogP contribution is 2.28. The Hall–Kier alpha value is -3.37. The number of aryl methyl sites for hydroxylation is 2. The molecule has 2 aromatic carbocycles. The first kappa shape index (κ1) is 20.9. The third kappa shape index (κ3) is 4.86. The average Bonchev–Trinajstić information content (AvgIpc) is 3.08. The second-order valence-corrected chi connectivity index (χ2v) is 10.1. The van der Waals surface area contributed by atoms with Gasteiger partial charge >= 0.3 is 0 Å². The zero-order valence-corrected chi connectivity index (χ0v) is 18.6. The lowest BCUT2D eigenvalue weighted by atomic mass is 10.2. The predicted molar refractivity (Wildman–Crippen MR) is 122 cm³/mol. The average molecular weight is 454 g/mol. The summed E-state index contributed by atoms with van der Waals surface area (Å²) in [5.41, 5.74) is 3.43. The van der Waals surface area contributed by atoms with Gasteiger partial charge in [-0.15, -0.1) is 0 Å². The summed E-state index contributed by atoms with van der Waals surface area (Å²) >= 11 is 1.22. The highest BCUT2D eigenvalue weighted by molar-refractivity contribution is 7.90. The van der Waals surface area contributed by atoms with Crippen LogP contribution in [0.1, 0.15) is 21.7 Å². The molecule has 0 aliphatic rings. The summed E-state index contributed by atoms with van der Waals surface area (Å²) in [5.74, 6) is 0.135. The molecule has 0 aliphatic heterocycles. The number of aromatic nitrogens is 3. The molecule has 2 heterocycles. The van der Waals surface area contributed by atoms with Crippen molar-refractivity contribution in [2.75, 3.05) is 16.9 Å². The number of thiazole rings is 1. The number of rotatable bonds is 5. The molecule has 158 valence electrons. The number of fused-ring (bicyclic) bond motifs is 1. The van der Waals surface area contributed by atoms with E-state index in [1.165, 1.54) is 17.4 Å². The van der Waals surface area contributed by atoms with Gasteiger partial charge in [-0.05, 0) is 56.3 Å². The molecule has 0 atom stereocenters. The summed E-state index contributed by atoms with van der Waals surface area (Å²) in [6, 6.07) is 13.6. The molecule has 8 nitrogen and oxygen atoms in total. The van der Waals surface area contributed by atoms with Gasteiger partial charge in [-0.25, -0.2) is 23.4 Å². The van der Waals surface area contributed by atoms with Gasteiger partial charge in [-0.2, -0.15) is 0 Å². The van der Waals surface area contributed by atoms with E-state index in [0.717, 1.165) is 17.6 Å². The predicted octanol–water partition coefficient (Wildman–Crippen LogP) is 4.10. The minimum atomic E-state index is -3.31. The Morgan fingerprint density at radius 3 is 2.42 bits per heavy atom. The monoisotopic (exact) mass is 453 g/mol. The van der Waals surface area contributed by atoms with Crippen molar-refractivity contribution in [1.29, 1.82) is 0 Å². The zero-order valence-electron chi connectivity index (χ0n) is 17.0. The van der Waals surface area contributed by atoms with Crippen molar-refractivity contribution in [3.8, 4) is 0 Å². The van der Waals surface area contributed by atoms with Gasteiger partial charge in [0.25, 0.3) is 5.91 Å². The Balaban J connectivity index is 1.54. The van der Waals surface area contributed by atoms with Crippen LogP contribution in [0.4, 0.5) is 16.8 Å². The lowest BCUT2D eigenvalue weighted by Crippen LogP contribution is -2.12. The van der Waals surface area contributed by atoms with E-state index in [1.54, 1.807) is 30.3 Å². The molecular weight excluding hydrogens is 434 g/mol. The molecule has 0 radical (unpaired) electrons. The van der Waals surface area contributed by atoms with Crippen LogP contribution in [-0.2, 0) is 9.84 Å². The van der Waals surface area contributed by atoms with E-state index in [-0.39, 0.29) is 10.8 Å². The molecule has 0 aliphatic carbocycles. The smallest absolute Gasteiger partial charge is 0.257 e. The first-order valence-corrected chi connectivity index (χ1v) is 12.0.